The minimum atomic E-state index is -0.108. The third-order valence-corrected chi connectivity index (χ3v) is 5.50. The van der Waals surface area contributed by atoms with E-state index in [-0.39, 0.29) is 5.91 Å². The first-order valence-corrected chi connectivity index (χ1v) is 8.78. The molecule has 120 valence electrons. The third kappa shape index (κ3) is 3.25. The number of nitrogens with one attached hydrogen (secondary N) is 1. The van der Waals surface area contributed by atoms with Gasteiger partial charge in [-0.25, -0.2) is 0 Å². The van der Waals surface area contributed by atoms with Gasteiger partial charge in [0.1, 0.15) is 0 Å². The molecule has 3 aromatic rings. The van der Waals surface area contributed by atoms with Crippen molar-refractivity contribution in [3.63, 3.8) is 0 Å². The number of benzene rings is 1. The van der Waals surface area contributed by atoms with Crippen molar-refractivity contribution in [3.05, 3.63) is 62.4 Å². The first kappa shape index (κ1) is 16.4. The number of carbonyl (C=O) groups excluding carboxylic acids is 1. The number of amides is 1. The van der Waals surface area contributed by atoms with Gasteiger partial charge < -0.3 is 4.90 Å². The molecular formula is C17H13BrN4OS. The number of hydrogen-bond acceptors (Lipinski definition) is 4. The topological polar surface area (TPSA) is 72.8 Å². The van der Waals surface area contributed by atoms with Crippen LogP contribution in [0, 0.1) is 11.3 Å². The number of aromatic amines is 1. The summed E-state index contributed by atoms with van der Waals surface area (Å²) in [6.45, 7) is 0.523. The molecule has 0 aliphatic rings. The molecule has 0 unspecified atom stereocenters. The number of thiophene rings is 1. The van der Waals surface area contributed by atoms with Crippen LogP contribution in [-0.2, 0) is 6.54 Å². The van der Waals surface area contributed by atoms with Gasteiger partial charge in [-0.2, -0.15) is 10.4 Å². The van der Waals surface area contributed by atoms with Gasteiger partial charge >= 0.3 is 0 Å². The lowest BCUT2D eigenvalue weighted by atomic mass is 10.1. The number of hydrogen-bond donors (Lipinski definition) is 1. The smallest absolute Gasteiger partial charge is 0.257 e. The number of H-pyrrole nitrogens is 1. The molecule has 0 aliphatic heterocycles. The van der Waals surface area contributed by atoms with Gasteiger partial charge in [-0.15, -0.1) is 11.3 Å². The van der Waals surface area contributed by atoms with E-state index in [2.05, 4.69) is 32.2 Å². The highest BCUT2D eigenvalue weighted by molar-refractivity contribution is 9.10. The maximum Gasteiger partial charge on any atom is 0.257 e. The Morgan fingerprint density at radius 2 is 2.12 bits per heavy atom. The zero-order chi connectivity index (χ0) is 17.1. The second kappa shape index (κ2) is 6.99. The van der Waals surface area contributed by atoms with Crippen molar-refractivity contribution in [3.8, 4) is 17.3 Å². The van der Waals surface area contributed by atoms with Crippen LogP contribution in [0.4, 0.5) is 0 Å². The lowest BCUT2D eigenvalue weighted by Crippen LogP contribution is -2.26. The zero-order valence-corrected chi connectivity index (χ0v) is 15.2. The molecule has 0 radical (unpaired) electrons. The molecule has 1 N–H and O–H groups in total. The number of aromatic nitrogens is 2. The Balaban J connectivity index is 1.84. The van der Waals surface area contributed by atoms with Crippen molar-refractivity contribution in [2.45, 2.75) is 6.54 Å². The molecule has 0 spiro atoms. The van der Waals surface area contributed by atoms with Crippen molar-refractivity contribution in [1.82, 2.24) is 15.1 Å². The Hall–Kier alpha value is -2.43. The van der Waals surface area contributed by atoms with E-state index in [9.17, 15) is 4.79 Å². The fourth-order valence-electron chi connectivity index (χ4n) is 2.31. The fourth-order valence-corrected chi connectivity index (χ4v) is 3.84. The van der Waals surface area contributed by atoms with Gasteiger partial charge in [-0.05, 0) is 39.5 Å². The summed E-state index contributed by atoms with van der Waals surface area (Å²) in [6, 6.07) is 11.1. The number of carbonyl (C=O) groups is 1. The number of halogens is 1. The molecule has 0 bridgehead atoms. The lowest BCUT2D eigenvalue weighted by molar-refractivity contribution is 0.0787. The Kier molecular flexibility index (Phi) is 4.79. The highest BCUT2D eigenvalue weighted by atomic mass is 79.9. The largest absolute Gasteiger partial charge is 0.336 e. The average Bonchev–Trinajstić information content (AvgIpc) is 3.24. The predicted octanol–water partition coefficient (Wildman–Crippen LogP) is 4.04. The van der Waals surface area contributed by atoms with Crippen molar-refractivity contribution < 1.29 is 4.79 Å². The Bertz CT molecular complexity index is 907. The lowest BCUT2D eigenvalue weighted by Gasteiger charge is -2.16. The van der Waals surface area contributed by atoms with Crippen molar-refractivity contribution in [2.24, 2.45) is 0 Å². The van der Waals surface area contributed by atoms with Crippen LogP contribution in [0.3, 0.4) is 0 Å². The summed E-state index contributed by atoms with van der Waals surface area (Å²) in [5.41, 5.74) is 2.56. The monoisotopic (exact) mass is 400 g/mol. The van der Waals surface area contributed by atoms with Gasteiger partial charge in [0, 0.05) is 22.0 Å². The number of nitriles is 1. The quantitative estimate of drug-likeness (QED) is 0.717. The van der Waals surface area contributed by atoms with Crippen LogP contribution in [0.2, 0.25) is 0 Å². The molecule has 1 amide bonds. The van der Waals surface area contributed by atoms with Crippen molar-refractivity contribution >= 4 is 33.2 Å². The minimum Gasteiger partial charge on any atom is -0.336 e. The van der Waals surface area contributed by atoms with Gasteiger partial charge in [-0.1, -0.05) is 12.1 Å². The summed E-state index contributed by atoms with van der Waals surface area (Å²) in [4.78, 5) is 15.5. The van der Waals surface area contributed by atoms with Crippen LogP contribution in [0.1, 0.15) is 20.8 Å². The normalized spacial score (nSPS) is 10.4. The molecule has 1 aromatic carbocycles. The maximum atomic E-state index is 12.8. The van der Waals surface area contributed by atoms with Crippen LogP contribution >= 0.6 is 27.3 Å². The summed E-state index contributed by atoms with van der Waals surface area (Å²) >= 11 is 5.09. The predicted molar refractivity (Wildman–Crippen MR) is 96.6 cm³/mol. The van der Waals surface area contributed by atoms with E-state index < -0.39 is 0 Å². The van der Waals surface area contributed by atoms with Crippen molar-refractivity contribution in [1.29, 1.82) is 5.26 Å². The molecule has 0 fully saturated rings. The first-order chi connectivity index (χ1) is 11.6. The van der Waals surface area contributed by atoms with Gasteiger partial charge in [-0.3, -0.25) is 9.89 Å². The summed E-state index contributed by atoms with van der Waals surface area (Å²) in [5, 5.41) is 17.8. The Morgan fingerprint density at radius 1 is 1.38 bits per heavy atom. The molecule has 2 aromatic heterocycles. The van der Waals surface area contributed by atoms with E-state index in [0.29, 0.717) is 23.4 Å². The second-order valence-electron chi connectivity index (χ2n) is 5.20. The van der Waals surface area contributed by atoms with Crippen molar-refractivity contribution in [2.75, 3.05) is 7.05 Å². The molecule has 0 saturated carbocycles. The molecule has 24 heavy (non-hydrogen) atoms. The van der Waals surface area contributed by atoms with E-state index in [1.54, 1.807) is 47.5 Å². The van der Waals surface area contributed by atoms with E-state index in [1.807, 2.05) is 11.4 Å². The van der Waals surface area contributed by atoms with Gasteiger partial charge in [0.15, 0.2) is 0 Å². The summed E-state index contributed by atoms with van der Waals surface area (Å²) in [6.07, 6.45) is 1.54. The molecular weight excluding hydrogens is 388 g/mol. The van der Waals surface area contributed by atoms with E-state index in [1.165, 1.54) is 6.20 Å². The first-order valence-electron chi connectivity index (χ1n) is 7.11. The molecule has 0 aliphatic carbocycles. The van der Waals surface area contributed by atoms with Crippen LogP contribution in [0.15, 0.2) is 46.4 Å². The van der Waals surface area contributed by atoms with Crippen LogP contribution in [0.25, 0.3) is 11.3 Å². The van der Waals surface area contributed by atoms with Gasteiger partial charge in [0.2, 0.25) is 0 Å². The third-order valence-electron chi connectivity index (χ3n) is 3.59. The number of nitrogens with zero attached hydrogens (tertiary/aromatic N) is 3. The highest BCUT2D eigenvalue weighted by Gasteiger charge is 2.20. The number of rotatable bonds is 4. The molecule has 0 saturated heterocycles. The molecule has 2 heterocycles. The van der Waals surface area contributed by atoms with Crippen LogP contribution < -0.4 is 0 Å². The minimum absolute atomic E-state index is 0.108. The van der Waals surface area contributed by atoms with E-state index in [0.717, 1.165) is 14.9 Å². The maximum absolute atomic E-state index is 12.8. The Morgan fingerprint density at radius 3 is 2.75 bits per heavy atom. The zero-order valence-electron chi connectivity index (χ0n) is 12.8. The Labute approximate surface area is 151 Å². The fraction of sp³-hybridized carbons (Fsp3) is 0.118. The summed E-state index contributed by atoms with van der Waals surface area (Å²) < 4.78 is 1.01. The van der Waals surface area contributed by atoms with E-state index >= 15 is 0 Å². The van der Waals surface area contributed by atoms with Gasteiger partial charge in [0.05, 0.1) is 35.6 Å². The van der Waals surface area contributed by atoms with Gasteiger partial charge in [0.25, 0.3) is 5.91 Å². The molecule has 0 atom stereocenters. The summed E-state index contributed by atoms with van der Waals surface area (Å²) in [5.74, 6) is -0.108. The average molecular weight is 401 g/mol. The summed E-state index contributed by atoms with van der Waals surface area (Å²) in [7, 11) is 1.77. The SMILES string of the molecule is CN(Cc1sccc1Br)C(=O)c1cn[nH]c1-c1ccc(C#N)cc1. The van der Waals surface area contributed by atoms with Crippen LogP contribution in [0.5, 0.6) is 0 Å². The molecule has 3 rings (SSSR count). The van der Waals surface area contributed by atoms with Crippen LogP contribution in [-0.4, -0.2) is 28.1 Å². The second-order valence-corrected chi connectivity index (χ2v) is 7.06. The molecule has 5 nitrogen and oxygen atoms in total. The standard InChI is InChI=1S/C17H13BrN4OS/c1-22(10-15-14(18)6-7-24-15)17(23)13-9-20-21-16(13)12-4-2-11(8-19)3-5-12/h2-7,9H,10H2,1H3,(H,20,21). The van der Waals surface area contributed by atoms with E-state index in [4.69, 9.17) is 5.26 Å². The molecule has 7 heteroatoms. The highest BCUT2D eigenvalue weighted by Crippen LogP contribution is 2.26.